The van der Waals surface area contributed by atoms with Crippen molar-refractivity contribution in [3.63, 3.8) is 0 Å². The first-order chi connectivity index (χ1) is 22.5. The van der Waals surface area contributed by atoms with Gasteiger partial charge in [-0.3, -0.25) is 24.0 Å². The first-order valence-corrected chi connectivity index (χ1v) is 15.7. The minimum atomic E-state index is -1.10. The maximum atomic E-state index is 13.8. The summed E-state index contributed by atoms with van der Waals surface area (Å²) >= 11 is 0. The van der Waals surface area contributed by atoms with Gasteiger partial charge in [-0.15, -0.1) is 0 Å². The van der Waals surface area contributed by atoms with Gasteiger partial charge in [0.25, 0.3) is 5.91 Å². The van der Waals surface area contributed by atoms with E-state index in [1.165, 1.54) is 16.8 Å². The number of amides is 5. The Bertz CT molecular complexity index is 1660. The van der Waals surface area contributed by atoms with Gasteiger partial charge < -0.3 is 35.0 Å². The molecular formula is C35H42N6O6. The maximum Gasteiger partial charge on any atom is 0.253 e. The summed E-state index contributed by atoms with van der Waals surface area (Å²) in [5, 5.41) is 7.87. The predicted octanol–water partition coefficient (Wildman–Crippen LogP) is 1.14. The van der Waals surface area contributed by atoms with Crippen molar-refractivity contribution in [3.8, 4) is 5.75 Å². The van der Waals surface area contributed by atoms with Crippen molar-refractivity contribution in [3.05, 3.63) is 77.9 Å². The average Bonchev–Trinajstić information content (AvgIpc) is 3.44. The molecule has 2 heterocycles. The molecule has 2 aliphatic heterocycles. The summed E-state index contributed by atoms with van der Waals surface area (Å²) in [5.41, 5.74) is 1.14. The van der Waals surface area contributed by atoms with Crippen LogP contribution in [-0.2, 0) is 25.6 Å². The van der Waals surface area contributed by atoms with Crippen molar-refractivity contribution < 1.29 is 28.7 Å². The van der Waals surface area contributed by atoms with Gasteiger partial charge in [-0.05, 0) is 55.1 Å². The third-order valence-electron chi connectivity index (χ3n) is 8.45. The van der Waals surface area contributed by atoms with E-state index >= 15 is 0 Å². The molecule has 248 valence electrons. The summed E-state index contributed by atoms with van der Waals surface area (Å²) in [4.78, 5) is 72.8. The number of fused-ring (bicyclic) bond motifs is 4. The third-order valence-corrected chi connectivity index (χ3v) is 8.45. The second kappa shape index (κ2) is 14.6. The topological polar surface area (TPSA) is 132 Å². The molecule has 3 atom stereocenters. The molecule has 12 nitrogen and oxygen atoms in total. The van der Waals surface area contributed by atoms with Crippen LogP contribution in [0.25, 0.3) is 10.8 Å². The zero-order valence-corrected chi connectivity index (χ0v) is 27.3. The molecule has 5 rings (SSSR count). The SMILES string of the molecule is CN(C)CC(=O)N[C@@H]1C[C@H]2COc3cccc(c3)C(=O)N(C)C[C@H](NC(=O)Cc3ccc4ccccc4c3)C(=O)N(C)CC(=O)N2C1. The Kier molecular flexibility index (Phi) is 10.4. The van der Waals surface area contributed by atoms with Crippen LogP contribution >= 0.6 is 0 Å². The highest BCUT2D eigenvalue weighted by atomic mass is 16.5. The number of ether oxygens (including phenoxy) is 1. The number of nitrogens with one attached hydrogen (secondary N) is 2. The van der Waals surface area contributed by atoms with Crippen LogP contribution in [0.15, 0.2) is 66.7 Å². The summed E-state index contributed by atoms with van der Waals surface area (Å²) in [6.45, 7) is 0.255. The van der Waals surface area contributed by atoms with Gasteiger partial charge >= 0.3 is 0 Å². The van der Waals surface area contributed by atoms with E-state index < -0.39 is 11.9 Å². The van der Waals surface area contributed by atoms with Gasteiger partial charge in [0.15, 0.2) is 0 Å². The van der Waals surface area contributed by atoms with Gasteiger partial charge in [-0.25, -0.2) is 0 Å². The van der Waals surface area contributed by atoms with Crippen LogP contribution in [0.1, 0.15) is 22.3 Å². The Morgan fingerprint density at radius 1 is 0.872 bits per heavy atom. The second-order valence-electron chi connectivity index (χ2n) is 12.6. The fourth-order valence-corrected chi connectivity index (χ4v) is 6.14. The van der Waals surface area contributed by atoms with E-state index in [1.807, 2.05) is 42.5 Å². The smallest absolute Gasteiger partial charge is 0.253 e. The highest BCUT2D eigenvalue weighted by Crippen LogP contribution is 2.22. The van der Waals surface area contributed by atoms with Gasteiger partial charge in [0.2, 0.25) is 23.6 Å². The van der Waals surface area contributed by atoms with Crippen LogP contribution in [0.2, 0.25) is 0 Å². The van der Waals surface area contributed by atoms with Crippen LogP contribution in [0.5, 0.6) is 5.75 Å². The Morgan fingerprint density at radius 2 is 1.64 bits per heavy atom. The second-order valence-corrected chi connectivity index (χ2v) is 12.6. The highest BCUT2D eigenvalue weighted by molar-refractivity contribution is 5.96. The van der Waals surface area contributed by atoms with Gasteiger partial charge in [0.1, 0.15) is 18.4 Å². The molecule has 1 saturated heterocycles. The minimum Gasteiger partial charge on any atom is -0.491 e. The lowest BCUT2D eigenvalue weighted by molar-refractivity contribution is -0.142. The zero-order valence-electron chi connectivity index (χ0n) is 27.3. The van der Waals surface area contributed by atoms with Crippen molar-refractivity contribution in [1.29, 1.82) is 0 Å². The molecule has 0 aliphatic carbocycles. The molecule has 0 aromatic heterocycles. The molecule has 1 fully saturated rings. The Labute approximate surface area is 274 Å². The predicted molar refractivity (Wildman–Crippen MR) is 177 cm³/mol. The van der Waals surface area contributed by atoms with Crippen molar-refractivity contribution in [1.82, 2.24) is 30.2 Å². The summed E-state index contributed by atoms with van der Waals surface area (Å²) in [6.07, 6.45) is 0.502. The minimum absolute atomic E-state index is 0.0324. The first-order valence-electron chi connectivity index (χ1n) is 15.7. The quantitative estimate of drug-likeness (QED) is 0.412. The van der Waals surface area contributed by atoms with Crippen LogP contribution < -0.4 is 15.4 Å². The van der Waals surface area contributed by atoms with E-state index in [-0.39, 0.29) is 74.9 Å². The number of carbonyl (C=O) groups excluding carboxylic acids is 5. The average molecular weight is 643 g/mol. The number of nitrogens with zero attached hydrogens (tertiary/aromatic N) is 4. The molecular weight excluding hydrogens is 600 g/mol. The molecule has 0 unspecified atom stereocenters. The summed E-state index contributed by atoms with van der Waals surface area (Å²) in [6, 6.07) is 18.6. The Balaban J connectivity index is 1.37. The van der Waals surface area contributed by atoms with Crippen LogP contribution in [0.3, 0.4) is 0 Å². The van der Waals surface area contributed by atoms with E-state index in [1.54, 1.807) is 55.2 Å². The standard InChI is InChI=1S/C35H42N6O6/c1-38(2)20-32(43)36-27-17-28-22-47-29-11-7-10-26(16-29)34(45)39(3)19-30(35(46)40(4)21-33(44)41(28)18-27)37-31(42)15-23-12-13-24-8-5-6-9-25(24)14-23/h5-14,16,27-28,30H,15,17-22H2,1-4H3,(H,36,43)(H,37,42)/t27-,28+,30+/m1/s1. The van der Waals surface area contributed by atoms with Crippen molar-refractivity contribution >= 4 is 40.3 Å². The van der Waals surface area contributed by atoms with E-state index in [2.05, 4.69) is 10.6 Å². The van der Waals surface area contributed by atoms with Gasteiger partial charge in [0, 0.05) is 38.8 Å². The monoisotopic (exact) mass is 642 g/mol. The third kappa shape index (κ3) is 8.44. The van der Waals surface area contributed by atoms with E-state index in [4.69, 9.17) is 4.74 Å². The number of hydrogen-bond acceptors (Lipinski definition) is 7. The van der Waals surface area contributed by atoms with Crippen LogP contribution in [0, 0.1) is 0 Å². The molecule has 2 bridgehead atoms. The molecule has 0 saturated carbocycles. The molecule has 12 heteroatoms. The van der Waals surface area contributed by atoms with Crippen LogP contribution in [0.4, 0.5) is 0 Å². The van der Waals surface area contributed by atoms with Crippen molar-refractivity contribution in [2.75, 3.05) is 61.0 Å². The Morgan fingerprint density at radius 3 is 2.40 bits per heavy atom. The largest absolute Gasteiger partial charge is 0.491 e. The fourth-order valence-electron chi connectivity index (χ4n) is 6.14. The summed E-state index contributed by atoms with van der Waals surface area (Å²) in [7, 11) is 6.68. The fraction of sp³-hybridized carbons (Fsp3) is 0.400. The lowest BCUT2D eigenvalue weighted by Crippen LogP contribution is -2.55. The first kappa shape index (κ1) is 33.4. The van der Waals surface area contributed by atoms with E-state index in [9.17, 15) is 24.0 Å². The highest BCUT2D eigenvalue weighted by Gasteiger charge is 2.38. The molecule has 0 spiro atoms. The number of likely N-dealkylation sites (N-methyl/N-ethyl adjacent to an activating group) is 3. The number of carbonyl (C=O) groups is 5. The van der Waals surface area contributed by atoms with Gasteiger partial charge in [-0.2, -0.15) is 0 Å². The zero-order chi connectivity index (χ0) is 33.7. The maximum absolute atomic E-state index is 13.8. The molecule has 5 amide bonds. The molecule has 3 aromatic rings. The van der Waals surface area contributed by atoms with Gasteiger partial charge in [-0.1, -0.05) is 48.5 Å². The molecule has 0 radical (unpaired) electrons. The van der Waals surface area contributed by atoms with Crippen molar-refractivity contribution in [2.24, 2.45) is 0 Å². The van der Waals surface area contributed by atoms with E-state index in [0.717, 1.165) is 16.3 Å². The van der Waals surface area contributed by atoms with Gasteiger partial charge in [0.05, 0.1) is 25.6 Å². The number of rotatable bonds is 6. The molecule has 2 N–H and O–H groups in total. The molecule has 3 aromatic carbocycles. The summed E-state index contributed by atoms with van der Waals surface area (Å²) < 4.78 is 6.07. The molecule has 47 heavy (non-hydrogen) atoms. The summed E-state index contributed by atoms with van der Waals surface area (Å²) in [5.74, 6) is -1.24. The van der Waals surface area contributed by atoms with E-state index in [0.29, 0.717) is 17.7 Å². The number of benzene rings is 3. The molecule has 2 aliphatic rings. The van der Waals surface area contributed by atoms with Crippen LogP contribution in [-0.4, -0.2) is 128 Å². The lowest BCUT2D eigenvalue weighted by atomic mass is 10.0. The Hall–Kier alpha value is -4.97. The van der Waals surface area contributed by atoms with Crippen molar-refractivity contribution in [2.45, 2.75) is 31.0 Å². The lowest BCUT2D eigenvalue weighted by Gasteiger charge is -2.30. The normalized spacial score (nSPS) is 20.8. The number of hydrogen-bond donors (Lipinski definition) is 2.